The quantitative estimate of drug-likeness (QED) is 0.890. The summed E-state index contributed by atoms with van der Waals surface area (Å²) in [5, 5.41) is 4.14. The Bertz CT molecular complexity index is 403. The van der Waals surface area contributed by atoms with Crippen LogP contribution in [0.5, 0.6) is 0 Å². The van der Waals surface area contributed by atoms with Gasteiger partial charge >= 0.3 is 0 Å². The average Bonchev–Trinajstić information content (AvgIpc) is 3.07. The largest absolute Gasteiger partial charge is 0.339 e. The van der Waals surface area contributed by atoms with E-state index in [1.165, 1.54) is 25.7 Å². The molecule has 0 amide bonds. The Morgan fingerprint density at radius 3 is 2.61 bits per heavy atom. The van der Waals surface area contributed by atoms with Gasteiger partial charge in [-0.15, -0.1) is 0 Å². The van der Waals surface area contributed by atoms with Crippen LogP contribution in [-0.2, 0) is 11.8 Å². The summed E-state index contributed by atoms with van der Waals surface area (Å²) in [6.07, 6.45) is 8.26. The van der Waals surface area contributed by atoms with Gasteiger partial charge in [0.05, 0.1) is 5.41 Å². The highest BCUT2D eigenvalue weighted by molar-refractivity contribution is 5.09. The van der Waals surface area contributed by atoms with Gasteiger partial charge < -0.3 is 10.3 Å². The standard InChI is InChI=1S/C14H23N3O/c1-10-4-6-14(9-15,7-5-10)13-16-12(17-18-13)8-11-2-3-11/h10-11H,2-9,15H2,1H3. The first kappa shape index (κ1) is 12.2. The highest BCUT2D eigenvalue weighted by atomic mass is 16.5. The molecule has 1 aromatic heterocycles. The molecule has 1 aromatic rings. The van der Waals surface area contributed by atoms with E-state index in [1.54, 1.807) is 0 Å². The van der Waals surface area contributed by atoms with E-state index in [9.17, 15) is 0 Å². The van der Waals surface area contributed by atoms with Crippen molar-refractivity contribution in [2.75, 3.05) is 6.54 Å². The third kappa shape index (κ3) is 2.30. The lowest BCUT2D eigenvalue weighted by Gasteiger charge is -2.35. The number of hydrogen-bond donors (Lipinski definition) is 1. The molecule has 3 rings (SSSR count). The Morgan fingerprint density at radius 2 is 2.00 bits per heavy atom. The van der Waals surface area contributed by atoms with Crippen LogP contribution in [0.1, 0.15) is 57.2 Å². The molecule has 2 N–H and O–H groups in total. The summed E-state index contributed by atoms with van der Waals surface area (Å²) in [5.74, 6) is 3.29. The number of aromatic nitrogens is 2. The summed E-state index contributed by atoms with van der Waals surface area (Å²) in [6.45, 7) is 2.94. The van der Waals surface area contributed by atoms with Gasteiger partial charge in [-0.05, 0) is 50.4 Å². The van der Waals surface area contributed by atoms with E-state index in [-0.39, 0.29) is 5.41 Å². The maximum atomic E-state index is 6.01. The zero-order valence-electron chi connectivity index (χ0n) is 11.2. The summed E-state index contributed by atoms with van der Waals surface area (Å²) < 4.78 is 5.52. The molecule has 18 heavy (non-hydrogen) atoms. The van der Waals surface area contributed by atoms with E-state index in [0.29, 0.717) is 6.54 Å². The Morgan fingerprint density at radius 1 is 1.28 bits per heavy atom. The van der Waals surface area contributed by atoms with Crippen LogP contribution in [0.25, 0.3) is 0 Å². The maximum absolute atomic E-state index is 6.01. The lowest BCUT2D eigenvalue weighted by atomic mass is 9.71. The van der Waals surface area contributed by atoms with Crippen LogP contribution in [0.4, 0.5) is 0 Å². The van der Waals surface area contributed by atoms with Crippen LogP contribution < -0.4 is 5.73 Å². The summed E-state index contributed by atoms with van der Waals surface area (Å²) in [7, 11) is 0. The highest BCUT2D eigenvalue weighted by Gasteiger charge is 2.39. The van der Waals surface area contributed by atoms with Crippen LogP contribution in [0, 0.1) is 11.8 Å². The zero-order chi connectivity index (χ0) is 12.6. The Labute approximate surface area is 108 Å². The van der Waals surface area contributed by atoms with Crippen LogP contribution in [0.3, 0.4) is 0 Å². The molecule has 0 atom stereocenters. The molecule has 2 aliphatic carbocycles. The van der Waals surface area contributed by atoms with Crippen molar-refractivity contribution in [2.24, 2.45) is 17.6 Å². The zero-order valence-corrected chi connectivity index (χ0v) is 11.2. The molecule has 0 radical (unpaired) electrons. The molecule has 100 valence electrons. The molecule has 0 bridgehead atoms. The normalized spacial score (nSPS) is 32.7. The first-order valence-corrected chi connectivity index (χ1v) is 7.25. The van der Waals surface area contributed by atoms with Crippen LogP contribution in [-0.4, -0.2) is 16.7 Å². The van der Waals surface area contributed by atoms with Crippen molar-refractivity contribution < 1.29 is 4.52 Å². The van der Waals surface area contributed by atoms with Gasteiger partial charge in [0.25, 0.3) is 0 Å². The van der Waals surface area contributed by atoms with Gasteiger partial charge in [0.1, 0.15) is 0 Å². The van der Waals surface area contributed by atoms with Crippen molar-refractivity contribution in [3.63, 3.8) is 0 Å². The molecule has 2 aliphatic rings. The van der Waals surface area contributed by atoms with E-state index in [2.05, 4.69) is 17.1 Å². The van der Waals surface area contributed by atoms with Crippen molar-refractivity contribution in [2.45, 2.75) is 57.3 Å². The number of rotatable bonds is 4. The third-order valence-corrected chi connectivity index (χ3v) is 4.71. The topological polar surface area (TPSA) is 64.9 Å². The lowest BCUT2D eigenvalue weighted by Crippen LogP contribution is -2.39. The molecule has 4 nitrogen and oxygen atoms in total. The highest BCUT2D eigenvalue weighted by Crippen LogP contribution is 2.40. The van der Waals surface area contributed by atoms with Crippen LogP contribution in [0.2, 0.25) is 0 Å². The predicted octanol–water partition coefficient (Wildman–Crippen LogP) is 2.43. The van der Waals surface area contributed by atoms with Gasteiger partial charge in [-0.3, -0.25) is 0 Å². The minimum atomic E-state index is -0.0404. The molecule has 2 fully saturated rings. The minimum absolute atomic E-state index is 0.0404. The second-order valence-electron chi connectivity index (χ2n) is 6.33. The first-order chi connectivity index (χ1) is 8.72. The Kier molecular flexibility index (Phi) is 3.14. The van der Waals surface area contributed by atoms with E-state index in [4.69, 9.17) is 10.3 Å². The SMILES string of the molecule is CC1CCC(CN)(c2nc(CC3CC3)no2)CC1. The van der Waals surface area contributed by atoms with Crippen molar-refractivity contribution in [3.8, 4) is 0 Å². The number of nitrogens with zero attached hydrogens (tertiary/aromatic N) is 2. The van der Waals surface area contributed by atoms with E-state index in [1.807, 2.05) is 0 Å². The monoisotopic (exact) mass is 249 g/mol. The molecule has 2 saturated carbocycles. The minimum Gasteiger partial charge on any atom is -0.339 e. The van der Waals surface area contributed by atoms with Gasteiger partial charge in [0.2, 0.25) is 5.89 Å². The molecule has 0 aromatic carbocycles. The number of hydrogen-bond acceptors (Lipinski definition) is 4. The van der Waals surface area contributed by atoms with E-state index in [0.717, 1.165) is 42.8 Å². The average molecular weight is 249 g/mol. The van der Waals surface area contributed by atoms with Gasteiger partial charge in [-0.1, -0.05) is 12.1 Å². The molecule has 1 heterocycles. The fourth-order valence-electron chi connectivity index (χ4n) is 2.95. The van der Waals surface area contributed by atoms with Gasteiger partial charge in [0.15, 0.2) is 5.82 Å². The van der Waals surface area contributed by atoms with Crippen molar-refractivity contribution in [1.82, 2.24) is 10.1 Å². The Balaban J connectivity index is 1.75. The van der Waals surface area contributed by atoms with Crippen LogP contribution in [0.15, 0.2) is 4.52 Å². The van der Waals surface area contributed by atoms with Crippen molar-refractivity contribution >= 4 is 0 Å². The molecule has 0 unspecified atom stereocenters. The van der Waals surface area contributed by atoms with Gasteiger partial charge in [-0.25, -0.2) is 0 Å². The number of nitrogens with two attached hydrogens (primary N) is 1. The first-order valence-electron chi connectivity index (χ1n) is 7.25. The smallest absolute Gasteiger partial charge is 0.234 e. The van der Waals surface area contributed by atoms with Gasteiger partial charge in [-0.2, -0.15) is 4.98 Å². The summed E-state index contributed by atoms with van der Waals surface area (Å²) in [5.41, 5.74) is 5.97. The van der Waals surface area contributed by atoms with E-state index < -0.39 is 0 Å². The fraction of sp³-hybridized carbons (Fsp3) is 0.857. The molecule has 0 spiro atoms. The maximum Gasteiger partial charge on any atom is 0.234 e. The molecular formula is C14H23N3O. The summed E-state index contributed by atoms with van der Waals surface area (Å²) in [4.78, 5) is 4.62. The Hall–Kier alpha value is -0.900. The third-order valence-electron chi connectivity index (χ3n) is 4.71. The van der Waals surface area contributed by atoms with Crippen molar-refractivity contribution in [3.05, 3.63) is 11.7 Å². The second kappa shape index (κ2) is 4.65. The summed E-state index contributed by atoms with van der Waals surface area (Å²) >= 11 is 0. The van der Waals surface area contributed by atoms with E-state index >= 15 is 0 Å². The predicted molar refractivity (Wildman–Crippen MR) is 69.1 cm³/mol. The molecular weight excluding hydrogens is 226 g/mol. The fourth-order valence-corrected chi connectivity index (χ4v) is 2.95. The van der Waals surface area contributed by atoms with Crippen molar-refractivity contribution in [1.29, 1.82) is 0 Å². The van der Waals surface area contributed by atoms with Crippen LogP contribution >= 0.6 is 0 Å². The molecule has 0 aliphatic heterocycles. The molecule has 0 saturated heterocycles. The molecule has 4 heteroatoms. The lowest BCUT2D eigenvalue weighted by molar-refractivity contribution is 0.191. The second-order valence-corrected chi connectivity index (χ2v) is 6.33. The summed E-state index contributed by atoms with van der Waals surface area (Å²) in [6, 6.07) is 0. The van der Waals surface area contributed by atoms with Gasteiger partial charge in [0, 0.05) is 13.0 Å².